The molecule has 1 heterocycles. The third kappa shape index (κ3) is 1.69. The zero-order valence-electron chi connectivity index (χ0n) is 9.10. The van der Waals surface area contributed by atoms with E-state index in [2.05, 4.69) is 5.10 Å². The number of aromatic nitrogens is 2. The van der Waals surface area contributed by atoms with Crippen molar-refractivity contribution in [2.75, 3.05) is 12.8 Å². The fraction of sp³-hybridized carbons (Fsp3) is 0.600. The molecule has 2 N–H and O–H groups in total. The van der Waals surface area contributed by atoms with Gasteiger partial charge in [0, 0.05) is 19.6 Å². The molecule has 1 amide bonds. The molecule has 0 unspecified atom stereocenters. The second-order valence-electron chi connectivity index (χ2n) is 3.91. The van der Waals surface area contributed by atoms with Crippen LogP contribution in [0.15, 0.2) is 6.20 Å². The lowest BCUT2D eigenvalue weighted by molar-refractivity contribution is 0.0774. The maximum Gasteiger partial charge on any atom is 0.274 e. The molecule has 1 aromatic heterocycles. The summed E-state index contributed by atoms with van der Waals surface area (Å²) in [6.45, 7) is 2.61. The van der Waals surface area contributed by atoms with Crippen molar-refractivity contribution in [3.8, 4) is 0 Å². The van der Waals surface area contributed by atoms with Gasteiger partial charge in [-0.3, -0.25) is 9.48 Å². The average molecular weight is 208 g/mol. The van der Waals surface area contributed by atoms with Crippen molar-refractivity contribution in [3.05, 3.63) is 11.9 Å². The Morgan fingerprint density at radius 3 is 2.93 bits per heavy atom. The molecule has 0 saturated heterocycles. The molecule has 15 heavy (non-hydrogen) atoms. The van der Waals surface area contributed by atoms with Crippen molar-refractivity contribution in [1.29, 1.82) is 0 Å². The number of nitrogens with zero attached hydrogens (tertiary/aromatic N) is 3. The van der Waals surface area contributed by atoms with Crippen molar-refractivity contribution in [1.82, 2.24) is 14.7 Å². The first-order chi connectivity index (χ1) is 7.15. The molecule has 0 aromatic carbocycles. The average Bonchev–Trinajstić information content (AvgIpc) is 3.00. The summed E-state index contributed by atoms with van der Waals surface area (Å²) in [6, 6.07) is 0.400. The van der Waals surface area contributed by atoms with E-state index in [0.717, 1.165) is 12.8 Å². The predicted molar refractivity (Wildman–Crippen MR) is 57.4 cm³/mol. The van der Waals surface area contributed by atoms with Gasteiger partial charge in [0.05, 0.1) is 11.9 Å². The van der Waals surface area contributed by atoms with E-state index >= 15 is 0 Å². The van der Waals surface area contributed by atoms with Crippen LogP contribution in [0.1, 0.15) is 30.3 Å². The van der Waals surface area contributed by atoms with Crippen molar-refractivity contribution >= 4 is 11.6 Å². The normalized spacial score (nSPS) is 15.3. The number of carbonyl (C=O) groups excluding carboxylic acids is 1. The Kier molecular flexibility index (Phi) is 2.38. The number of amides is 1. The largest absolute Gasteiger partial charge is 0.396 e. The Hall–Kier alpha value is -1.52. The molecule has 1 aliphatic carbocycles. The first-order valence-electron chi connectivity index (χ1n) is 5.23. The zero-order chi connectivity index (χ0) is 11.0. The van der Waals surface area contributed by atoms with Gasteiger partial charge < -0.3 is 10.6 Å². The summed E-state index contributed by atoms with van der Waals surface area (Å²) in [5.74, 6) is -0.0191. The highest BCUT2D eigenvalue weighted by atomic mass is 16.2. The molecule has 1 saturated carbocycles. The van der Waals surface area contributed by atoms with Crippen LogP contribution in [0.5, 0.6) is 0 Å². The van der Waals surface area contributed by atoms with Gasteiger partial charge in [0.15, 0.2) is 0 Å². The molecular weight excluding hydrogens is 192 g/mol. The first-order valence-corrected chi connectivity index (χ1v) is 5.23. The van der Waals surface area contributed by atoms with E-state index in [4.69, 9.17) is 5.73 Å². The Morgan fingerprint density at radius 2 is 2.40 bits per heavy atom. The Balaban J connectivity index is 2.26. The van der Waals surface area contributed by atoms with E-state index < -0.39 is 0 Å². The minimum Gasteiger partial charge on any atom is -0.396 e. The molecule has 82 valence electrons. The van der Waals surface area contributed by atoms with Crippen LogP contribution < -0.4 is 5.73 Å². The molecule has 1 aromatic rings. The molecule has 1 fully saturated rings. The number of aryl methyl sites for hydroxylation is 1. The van der Waals surface area contributed by atoms with Gasteiger partial charge in [-0.15, -0.1) is 0 Å². The molecule has 1 aliphatic rings. The van der Waals surface area contributed by atoms with Gasteiger partial charge >= 0.3 is 0 Å². The lowest BCUT2D eigenvalue weighted by Crippen LogP contribution is -2.31. The quantitative estimate of drug-likeness (QED) is 0.796. The van der Waals surface area contributed by atoms with E-state index in [1.807, 2.05) is 14.0 Å². The monoisotopic (exact) mass is 208 g/mol. The van der Waals surface area contributed by atoms with Crippen LogP contribution in [0, 0.1) is 0 Å². The van der Waals surface area contributed by atoms with Crippen LogP contribution in [0.2, 0.25) is 0 Å². The van der Waals surface area contributed by atoms with Crippen molar-refractivity contribution in [3.63, 3.8) is 0 Å². The van der Waals surface area contributed by atoms with E-state index in [1.54, 1.807) is 9.58 Å². The lowest BCUT2D eigenvalue weighted by Gasteiger charge is -2.17. The number of carbonyl (C=O) groups is 1. The van der Waals surface area contributed by atoms with E-state index in [9.17, 15) is 4.79 Å². The van der Waals surface area contributed by atoms with Gasteiger partial charge in [0.25, 0.3) is 5.91 Å². The Bertz CT molecular complexity index is 381. The van der Waals surface area contributed by atoms with E-state index in [0.29, 0.717) is 24.0 Å². The third-order valence-corrected chi connectivity index (χ3v) is 2.78. The maximum atomic E-state index is 12.1. The van der Waals surface area contributed by atoms with Gasteiger partial charge in [-0.05, 0) is 19.8 Å². The summed E-state index contributed by atoms with van der Waals surface area (Å²) in [7, 11) is 1.83. The lowest BCUT2D eigenvalue weighted by atomic mass is 10.3. The number of anilines is 1. The number of nitrogen functional groups attached to an aromatic ring is 1. The number of rotatable bonds is 3. The smallest absolute Gasteiger partial charge is 0.274 e. The Morgan fingerprint density at radius 1 is 1.73 bits per heavy atom. The molecule has 0 radical (unpaired) electrons. The van der Waals surface area contributed by atoms with E-state index in [1.165, 1.54) is 6.20 Å². The fourth-order valence-corrected chi connectivity index (χ4v) is 1.67. The second-order valence-corrected chi connectivity index (χ2v) is 3.91. The molecule has 2 rings (SSSR count). The molecule has 0 bridgehead atoms. The van der Waals surface area contributed by atoms with Gasteiger partial charge in [-0.25, -0.2) is 0 Å². The van der Waals surface area contributed by atoms with Crippen LogP contribution in [0.3, 0.4) is 0 Å². The summed E-state index contributed by atoms with van der Waals surface area (Å²) in [5, 5.41) is 4.06. The minimum atomic E-state index is -0.0191. The van der Waals surface area contributed by atoms with Crippen LogP contribution in [-0.2, 0) is 6.54 Å². The van der Waals surface area contributed by atoms with Crippen LogP contribution in [-0.4, -0.2) is 33.7 Å². The fourth-order valence-electron chi connectivity index (χ4n) is 1.67. The number of nitrogens with two attached hydrogens (primary N) is 1. The highest BCUT2D eigenvalue weighted by molar-refractivity contribution is 5.97. The van der Waals surface area contributed by atoms with Crippen LogP contribution in [0.4, 0.5) is 5.69 Å². The number of hydrogen-bond donors (Lipinski definition) is 1. The van der Waals surface area contributed by atoms with E-state index in [-0.39, 0.29) is 5.91 Å². The first kappa shape index (κ1) is 10.0. The van der Waals surface area contributed by atoms with Crippen molar-refractivity contribution in [2.45, 2.75) is 32.4 Å². The summed E-state index contributed by atoms with van der Waals surface area (Å²) in [5.41, 5.74) is 6.73. The van der Waals surface area contributed by atoms with Gasteiger partial charge in [0.1, 0.15) is 5.69 Å². The molecule has 0 atom stereocenters. The van der Waals surface area contributed by atoms with Gasteiger partial charge in [0.2, 0.25) is 0 Å². The topological polar surface area (TPSA) is 64.2 Å². The standard InChI is InChI=1S/C10H16N4O/c1-3-14-9(8(11)6-12-14)10(15)13(2)7-4-5-7/h6-7H,3-5,11H2,1-2H3. The van der Waals surface area contributed by atoms with Crippen LogP contribution in [0.25, 0.3) is 0 Å². The summed E-state index contributed by atoms with van der Waals surface area (Å²) < 4.78 is 1.65. The molecule has 5 nitrogen and oxygen atoms in total. The predicted octanol–water partition coefficient (Wildman–Crippen LogP) is 0.720. The van der Waals surface area contributed by atoms with Crippen LogP contribution >= 0.6 is 0 Å². The zero-order valence-corrected chi connectivity index (χ0v) is 9.10. The summed E-state index contributed by atoms with van der Waals surface area (Å²) in [4.78, 5) is 13.8. The SMILES string of the molecule is CCn1ncc(N)c1C(=O)N(C)C1CC1. The second kappa shape index (κ2) is 3.56. The molecule has 0 aliphatic heterocycles. The van der Waals surface area contributed by atoms with Gasteiger partial charge in [-0.2, -0.15) is 5.10 Å². The van der Waals surface area contributed by atoms with Gasteiger partial charge in [-0.1, -0.05) is 0 Å². The van der Waals surface area contributed by atoms with Crippen molar-refractivity contribution < 1.29 is 4.79 Å². The molecular formula is C10H16N4O. The minimum absolute atomic E-state index is 0.0191. The summed E-state index contributed by atoms with van der Waals surface area (Å²) >= 11 is 0. The third-order valence-electron chi connectivity index (χ3n) is 2.78. The molecule has 5 heteroatoms. The highest BCUT2D eigenvalue weighted by Crippen LogP contribution is 2.27. The maximum absolute atomic E-state index is 12.1. The van der Waals surface area contributed by atoms with Crippen molar-refractivity contribution in [2.24, 2.45) is 0 Å². The Labute approximate surface area is 88.8 Å². The summed E-state index contributed by atoms with van der Waals surface area (Å²) in [6.07, 6.45) is 3.74. The number of hydrogen-bond acceptors (Lipinski definition) is 3. The molecule has 0 spiro atoms. The highest BCUT2D eigenvalue weighted by Gasteiger charge is 2.32.